The molecule has 0 aliphatic rings. The summed E-state index contributed by atoms with van der Waals surface area (Å²) in [6, 6.07) is 5.76. The molecule has 0 aliphatic carbocycles. The normalized spacial score (nSPS) is 11.2. The van der Waals surface area contributed by atoms with Crippen LogP contribution in [-0.2, 0) is 6.42 Å². The van der Waals surface area contributed by atoms with E-state index in [9.17, 15) is 4.79 Å². The molecule has 84 valence electrons. The van der Waals surface area contributed by atoms with Crippen molar-refractivity contribution in [2.75, 3.05) is 0 Å². The van der Waals surface area contributed by atoms with Crippen molar-refractivity contribution < 1.29 is 4.79 Å². The first-order valence-electron chi connectivity index (χ1n) is 5.46. The Morgan fingerprint density at radius 1 is 1.44 bits per heavy atom. The Kier molecular flexibility index (Phi) is 3.06. The minimum absolute atomic E-state index is 0.0975. The van der Waals surface area contributed by atoms with Crippen molar-refractivity contribution in [2.24, 2.45) is 5.92 Å². The summed E-state index contributed by atoms with van der Waals surface area (Å²) in [7, 11) is 0. The SMILES string of the molecule is CC(=O)c1ccc2sc(CC(C)C)nc2c1. The second kappa shape index (κ2) is 4.34. The van der Waals surface area contributed by atoms with Crippen LogP contribution in [0.25, 0.3) is 10.2 Å². The van der Waals surface area contributed by atoms with Crippen molar-refractivity contribution in [1.82, 2.24) is 4.98 Å². The van der Waals surface area contributed by atoms with Gasteiger partial charge < -0.3 is 0 Å². The van der Waals surface area contributed by atoms with E-state index in [1.54, 1.807) is 18.3 Å². The lowest BCUT2D eigenvalue weighted by Crippen LogP contribution is -1.92. The molecule has 2 rings (SSSR count). The number of Topliss-reactive ketones (excluding diaryl/α,β-unsaturated/α-hetero) is 1. The van der Waals surface area contributed by atoms with Crippen LogP contribution < -0.4 is 0 Å². The fourth-order valence-electron chi connectivity index (χ4n) is 1.63. The van der Waals surface area contributed by atoms with Gasteiger partial charge in [0.15, 0.2) is 5.78 Å². The van der Waals surface area contributed by atoms with Gasteiger partial charge >= 0.3 is 0 Å². The number of rotatable bonds is 3. The Morgan fingerprint density at radius 2 is 2.19 bits per heavy atom. The topological polar surface area (TPSA) is 30.0 Å². The Balaban J connectivity index is 2.42. The first-order chi connectivity index (χ1) is 7.56. The van der Waals surface area contributed by atoms with E-state index in [1.165, 1.54) is 4.70 Å². The lowest BCUT2D eigenvalue weighted by Gasteiger charge is -1.97. The molecule has 2 aromatic rings. The number of aromatic nitrogens is 1. The number of carbonyl (C=O) groups excluding carboxylic acids is 1. The van der Waals surface area contributed by atoms with Gasteiger partial charge in [0.2, 0.25) is 0 Å². The highest BCUT2D eigenvalue weighted by molar-refractivity contribution is 7.18. The Hall–Kier alpha value is -1.22. The predicted octanol–water partition coefficient (Wildman–Crippen LogP) is 3.70. The highest BCUT2D eigenvalue weighted by Gasteiger charge is 2.07. The lowest BCUT2D eigenvalue weighted by atomic mass is 10.1. The van der Waals surface area contributed by atoms with E-state index in [4.69, 9.17) is 0 Å². The molecular weight excluding hydrogens is 218 g/mol. The summed E-state index contributed by atoms with van der Waals surface area (Å²) in [6.45, 7) is 5.96. The van der Waals surface area contributed by atoms with Gasteiger partial charge in [0.05, 0.1) is 15.2 Å². The van der Waals surface area contributed by atoms with Crippen molar-refractivity contribution in [3.8, 4) is 0 Å². The molecule has 0 fully saturated rings. The van der Waals surface area contributed by atoms with Gasteiger partial charge in [-0.05, 0) is 31.0 Å². The van der Waals surface area contributed by atoms with Crippen molar-refractivity contribution in [2.45, 2.75) is 27.2 Å². The zero-order valence-electron chi connectivity index (χ0n) is 9.78. The molecule has 0 spiro atoms. The molecular formula is C13H15NOS. The molecule has 1 aromatic carbocycles. The molecule has 0 aliphatic heterocycles. The molecule has 0 saturated heterocycles. The molecule has 0 saturated carbocycles. The summed E-state index contributed by atoms with van der Waals surface area (Å²) in [6.07, 6.45) is 1.01. The third-order valence-corrected chi connectivity index (χ3v) is 3.48. The molecule has 0 radical (unpaired) electrons. The minimum Gasteiger partial charge on any atom is -0.295 e. The van der Waals surface area contributed by atoms with Crippen LogP contribution in [0.15, 0.2) is 18.2 Å². The van der Waals surface area contributed by atoms with Gasteiger partial charge in [0.1, 0.15) is 0 Å². The first kappa shape index (κ1) is 11.3. The van der Waals surface area contributed by atoms with E-state index >= 15 is 0 Å². The zero-order valence-corrected chi connectivity index (χ0v) is 10.6. The summed E-state index contributed by atoms with van der Waals surface area (Å²) in [5, 5.41) is 1.16. The van der Waals surface area contributed by atoms with Gasteiger partial charge in [-0.25, -0.2) is 4.98 Å². The smallest absolute Gasteiger partial charge is 0.159 e. The summed E-state index contributed by atoms with van der Waals surface area (Å²) in [5.74, 6) is 0.716. The maximum absolute atomic E-state index is 11.2. The van der Waals surface area contributed by atoms with Crippen LogP contribution in [0, 0.1) is 5.92 Å². The van der Waals surface area contributed by atoms with Crippen molar-refractivity contribution in [3.05, 3.63) is 28.8 Å². The number of fused-ring (bicyclic) bond motifs is 1. The minimum atomic E-state index is 0.0975. The molecule has 0 atom stereocenters. The van der Waals surface area contributed by atoms with Gasteiger partial charge in [-0.15, -0.1) is 11.3 Å². The van der Waals surface area contributed by atoms with Crippen molar-refractivity contribution in [3.63, 3.8) is 0 Å². The number of ketones is 1. The number of thiazole rings is 1. The average Bonchev–Trinajstić information content (AvgIpc) is 2.56. The van der Waals surface area contributed by atoms with E-state index in [0.717, 1.165) is 22.5 Å². The quantitative estimate of drug-likeness (QED) is 0.757. The fraction of sp³-hybridized carbons (Fsp3) is 0.385. The van der Waals surface area contributed by atoms with Gasteiger partial charge in [-0.1, -0.05) is 13.8 Å². The Labute approximate surface area is 99.3 Å². The van der Waals surface area contributed by atoms with E-state index < -0.39 is 0 Å². The molecule has 0 amide bonds. The van der Waals surface area contributed by atoms with E-state index in [2.05, 4.69) is 18.8 Å². The maximum atomic E-state index is 11.2. The predicted molar refractivity (Wildman–Crippen MR) is 68.2 cm³/mol. The van der Waals surface area contributed by atoms with Crippen LogP contribution in [0.3, 0.4) is 0 Å². The van der Waals surface area contributed by atoms with E-state index in [-0.39, 0.29) is 5.78 Å². The summed E-state index contributed by atoms with van der Waals surface area (Å²) >= 11 is 1.72. The van der Waals surface area contributed by atoms with Crippen LogP contribution in [0.1, 0.15) is 36.1 Å². The van der Waals surface area contributed by atoms with Crippen LogP contribution in [-0.4, -0.2) is 10.8 Å². The number of hydrogen-bond acceptors (Lipinski definition) is 3. The van der Waals surface area contributed by atoms with Gasteiger partial charge in [0.25, 0.3) is 0 Å². The fourth-order valence-corrected chi connectivity index (χ4v) is 2.79. The van der Waals surface area contributed by atoms with Crippen LogP contribution in [0.4, 0.5) is 0 Å². The first-order valence-corrected chi connectivity index (χ1v) is 6.28. The highest BCUT2D eigenvalue weighted by atomic mass is 32.1. The maximum Gasteiger partial charge on any atom is 0.159 e. The average molecular weight is 233 g/mol. The van der Waals surface area contributed by atoms with Gasteiger partial charge in [-0.3, -0.25) is 4.79 Å². The number of nitrogens with zero attached hydrogens (tertiary/aromatic N) is 1. The van der Waals surface area contributed by atoms with E-state index in [1.807, 2.05) is 18.2 Å². The van der Waals surface area contributed by atoms with Crippen molar-refractivity contribution in [1.29, 1.82) is 0 Å². The number of hydrogen-bond donors (Lipinski definition) is 0. The monoisotopic (exact) mass is 233 g/mol. The second-order valence-electron chi connectivity index (χ2n) is 4.44. The Bertz CT molecular complexity index is 528. The molecule has 0 unspecified atom stereocenters. The molecule has 1 aromatic heterocycles. The largest absolute Gasteiger partial charge is 0.295 e. The standard InChI is InChI=1S/C13H15NOS/c1-8(2)6-13-14-11-7-10(9(3)15)4-5-12(11)16-13/h4-5,7-8H,6H2,1-3H3. The molecule has 16 heavy (non-hydrogen) atoms. The third kappa shape index (κ3) is 2.30. The van der Waals surface area contributed by atoms with Crippen LogP contribution in [0.2, 0.25) is 0 Å². The second-order valence-corrected chi connectivity index (χ2v) is 5.56. The molecule has 0 bridgehead atoms. The molecule has 0 N–H and O–H groups in total. The van der Waals surface area contributed by atoms with Crippen LogP contribution >= 0.6 is 11.3 Å². The Morgan fingerprint density at radius 3 is 2.81 bits per heavy atom. The van der Waals surface area contributed by atoms with Gasteiger partial charge in [-0.2, -0.15) is 0 Å². The molecule has 1 heterocycles. The number of carbonyl (C=O) groups is 1. The van der Waals surface area contributed by atoms with Crippen molar-refractivity contribution >= 4 is 27.3 Å². The molecule has 3 heteroatoms. The number of benzene rings is 1. The third-order valence-electron chi connectivity index (χ3n) is 2.42. The summed E-state index contributed by atoms with van der Waals surface area (Å²) in [4.78, 5) is 15.8. The molecule has 2 nitrogen and oxygen atoms in total. The summed E-state index contributed by atoms with van der Waals surface area (Å²) < 4.78 is 1.17. The van der Waals surface area contributed by atoms with Gasteiger partial charge in [0, 0.05) is 12.0 Å². The zero-order chi connectivity index (χ0) is 11.7. The van der Waals surface area contributed by atoms with Crippen LogP contribution in [0.5, 0.6) is 0 Å². The van der Waals surface area contributed by atoms with E-state index in [0.29, 0.717) is 5.92 Å². The highest BCUT2D eigenvalue weighted by Crippen LogP contribution is 2.24. The summed E-state index contributed by atoms with van der Waals surface area (Å²) in [5.41, 5.74) is 1.70. The lowest BCUT2D eigenvalue weighted by molar-refractivity contribution is 0.101.